The Balaban J connectivity index is 1.92. The predicted molar refractivity (Wildman–Crippen MR) is 108 cm³/mol. The van der Waals surface area contributed by atoms with Crippen LogP contribution < -0.4 is 10.0 Å². The third kappa shape index (κ3) is 4.57. The first-order valence-electron chi connectivity index (χ1n) is 8.19. The van der Waals surface area contributed by atoms with E-state index in [4.69, 9.17) is 0 Å². The highest BCUT2D eigenvalue weighted by atomic mass is 32.2. The Morgan fingerprint density at radius 3 is 2.50 bits per heavy atom. The van der Waals surface area contributed by atoms with Crippen molar-refractivity contribution in [3.63, 3.8) is 0 Å². The van der Waals surface area contributed by atoms with E-state index in [0.29, 0.717) is 18.2 Å². The molecule has 2 heterocycles. The molecule has 8 heteroatoms. The van der Waals surface area contributed by atoms with Crippen molar-refractivity contribution in [2.24, 2.45) is 0 Å². The van der Waals surface area contributed by atoms with Gasteiger partial charge in [-0.15, -0.1) is 11.3 Å². The highest BCUT2D eigenvalue weighted by Crippen LogP contribution is 2.35. The summed E-state index contributed by atoms with van der Waals surface area (Å²) < 4.78 is 25.7. The summed E-state index contributed by atoms with van der Waals surface area (Å²) in [4.78, 5) is 11.1. The van der Waals surface area contributed by atoms with Crippen molar-refractivity contribution < 1.29 is 8.42 Å². The first kappa shape index (κ1) is 18.8. The van der Waals surface area contributed by atoms with Crippen LogP contribution in [0.15, 0.2) is 36.4 Å². The van der Waals surface area contributed by atoms with Gasteiger partial charge in [-0.05, 0) is 32.4 Å². The number of hydrogen-bond donors (Lipinski definition) is 2. The minimum atomic E-state index is -3.29. The van der Waals surface area contributed by atoms with Crippen LogP contribution in [0.1, 0.15) is 19.7 Å². The largest absolute Gasteiger partial charge is 0.368 e. The molecule has 3 rings (SSSR count). The molecule has 0 fully saturated rings. The first-order valence-corrected chi connectivity index (χ1v) is 10.9. The first-order chi connectivity index (χ1) is 12.1. The van der Waals surface area contributed by atoms with E-state index >= 15 is 0 Å². The van der Waals surface area contributed by atoms with Crippen LogP contribution in [-0.2, 0) is 10.0 Å². The van der Waals surface area contributed by atoms with Gasteiger partial charge in [0.05, 0.1) is 11.6 Å². The number of fused-ring (bicyclic) bond motifs is 1. The molecule has 1 aromatic carbocycles. The number of thiophene rings is 1. The van der Waals surface area contributed by atoms with E-state index < -0.39 is 15.6 Å². The summed E-state index contributed by atoms with van der Waals surface area (Å²) >= 11 is 1.62. The maximum Gasteiger partial charge on any atom is 0.209 e. The SMILES string of the molecule is Cc1nc(NCC(C)(C)NS(C)(=O)=O)c2cc(-c3ccccc3)sc2n1. The number of hydrogen-bond acceptors (Lipinski definition) is 6. The molecular weight excluding hydrogens is 368 g/mol. The third-order valence-corrected chi connectivity index (χ3v) is 5.72. The van der Waals surface area contributed by atoms with E-state index in [2.05, 4.69) is 38.2 Å². The van der Waals surface area contributed by atoms with Gasteiger partial charge in [-0.3, -0.25) is 0 Å². The molecular formula is C18H22N4O2S2. The summed E-state index contributed by atoms with van der Waals surface area (Å²) in [6.45, 7) is 5.92. The monoisotopic (exact) mass is 390 g/mol. The van der Waals surface area contributed by atoms with Crippen LogP contribution in [0.3, 0.4) is 0 Å². The topological polar surface area (TPSA) is 84.0 Å². The fraction of sp³-hybridized carbons (Fsp3) is 0.333. The van der Waals surface area contributed by atoms with Gasteiger partial charge < -0.3 is 5.32 Å². The molecule has 0 saturated heterocycles. The van der Waals surface area contributed by atoms with Crippen molar-refractivity contribution in [2.45, 2.75) is 26.3 Å². The summed E-state index contributed by atoms with van der Waals surface area (Å²) in [5, 5.41) is 4.22. The van der Waals surface area contributed by atoms with Crippen LogP contribution in [0.5, 0.6) is 0 Å². The molecule has 0 spiro atoms. The number of nitrogens with zero attached hydrogens (tertiary/aromatic N) is 2. The maximum absolute atomic E-state index is 11.5. The van der Waals surface area contributed by atoms with E-state index in [9.17, 15) is 8.42 Å². The second kappa shape index (κ2) is 6.94. The molecule has 0 aliphatic heterocycles. The molecule has 0 saturated carbocycles. The molecule has 2 N–H and O–H groups in total. The molecule has 0 bridgehead atoms. The van der Waals surface area contributed by atoms with Crippen molar-refractivity contribution in [3.8, 4) is 10.4 Å². The molecule has 26 heavy (non-hydrogen) atoms. The van der Waals surface area contributed by atoms with Crippen LogP contribution in [0, 0.1) is 6.92 Å². The summed E-state index contributed by atoms with van der Waals surface area (Å²) in [6.07, 6.45) is 1.16. The minimum Gasteiger partial charge on any atom is -0.368 e. The zero-order valence-electron chi connectivity index (χ0n) is 15.2. The number of nitrogens with one attached hydrogen (secondary N) is 2. The Labute approximate surface area is 157 Å². The van der Waals surface area contributed by atoms with Crippen LogP contribution >= 0.6 is 11.3 Å². The smallest absolute Gasteiger partial charge is 0.209 e. The fourth-order valence-corrected chi connectivity index (χ4v) is 4.91. The zero-order chi connectivity index (χ0) is 18.9. The lowest BCUT2D eigenvalue weighted by Crippen LogP contribution is -2.47. The van der Waals surface area contributed by atoms with Crippen molar-refractivity contribution >= 4 is 37.4 Å². The summed E-state index contributed by atoms with van der Waals surface area (Å²) in [7, 11) is -3.29. The van der Waals surface area contributed by atoms with E-state index in [1.54, 1.807) is 11.3 Å². The summed E-state index contributed by atoms with van der Waals surface area (Å²) in [6, 6.07) is 12.2. The van der Waals surface area contributed by atoms with Gasteiger partial charge in [0.2, 0.25) is 10.0 Å². The van der Waals surface area contributed by atoms with Crippen LogP contribution in [0.25, 0.3) is 20.7 Å². The van der Waals surface area contributed by atoms with E-state index in [-0.39, 0.29) is 0 Å². The van der Waals surface area contributed by atoms with Crippen LogP contribution in [0.4, 0.5) is 5.82 Å². The zero-order valence-corrected chi connectivity index (χ0v) is 16.8. The third-order valence-electron chi connectivity index (χ3n) is 3.72. The summed E-state index contributed by atoms with van der Waals surface area (Å²) in [5.41, 5.74) is 0.495. The van der Waals surface area contributed by atoms with Crippen LogP contribution in [0.2, 0.25) is 0 Å². The van der Waals surface area contributed by atoms with Crippen molar-refractivity contribution in [3.05, 3.63) is 42.2 Å². The Morgan fingerprint density at radius 1 is 1.15 bits per heavy atom. The van der Waals surface area contributed by atoms with Crippen molar-refractivity contribution in [1.82, 2.24) is 14.7 Å². The lowest BCUT2D eigenvalue weighted by atomic mass is 10.1. The molecule has 0 aliphatic carbocycles. The molecule has 3 aromatic rings. The molecule has 0 aliphatic rings. The van der Waals surface area contributed by atoms with E-state index in [0.717, 1.165) is 26.9 Å². The lowest BCUT2D eigenvalue weighted by molar-refractivity contribution is 0.476. The summed E-state index contributed by atoms with van der Waals surface area (Å²) in [5.74, 6) is 1.39. The molecule has 138 valence electrons. The maximum atomic E-state index is 11.5. The normalized spacial score (nSPS) is 12.5. The Morgan fingerprint density at radius 2 is 1.85 bits per heavy atom. The second-order valence-electron chi connectivity index (χ2n) is 6.93. The Kier molecular flexibility index (Phi) is 5.01. The number of anilines is 1. The standard InChI is InChI=1S/C18H22N4O2S2/c1-12-20-16(19-11-18(2,3)22-26(4,23)24)14-10-15(25-17(14)21-12)13-8-6-5-7-9-13/h5-10,22H,11H2,1-4H3,(H,19,20,21). The van der Waals surface area contributed by atoms with Gasteiger partial charge in [-0.25, -0.2) is 23.1 Å². The quantitative estimate of drug-likeness (QED) is 0.674. The number of benzene rings is 1. The van der Waals surface area contributed by atoms with E-state index in [1.807, 2.05) is 39.0 Å². The number of aryl methyl sites for hydroxylation is 1. The Hall–Kier alpha value is -2.03. The van der Waals surface area contributed by atoms with Gasteiger partial charge in [0, 0.05) is 17.0 Å². The molecule has 0 radical (unpaired) electrons. The number of rotatable bonds is 6. The van der Waals surface area contributed by atoms with Gasteiger partial charge in [-0.1, -0.05) is 30.3 Å². The minimum absolute atomic E-state index is 0.405. The van der Waals surface area contributed by atoms with Gasteiger partial charge >= 0.3 is 0 Å². The molecule has 2 aromatic heterocycles. The van der Waals surface area contributed by atoms with Gasteiger partial charge in [0.1, 0.15) is 16.5 Å². The van der Waals surface area contributed by atoms with Crippen molar-refractivity contribution in [2.75, 3.05) is 18.1 Å². The van der Waals surface area contributed by atoms with Gasteiger partial charge in [-0.2, -0.15) is 0 Å². The van der Waals surface area contributed by atoms with Gasteiger partial charge in [0.25, 0.3) is 0 Å². The van der Waals surface area contributed by atoms with Crippen molar-refractivity contribution in [1.29, 1.82) is 0 Å². The number of sulfonamides is 1. The highest BCUT2D eigenvalue weighted by molar-refractivity contribution is 7.88. The van der Waals surface area contributed by atoms with Gasteiger partial charge in [0.15, 0.2) is 0 Å². The molecule has 6 nitrogen and oxygen atoms in total. The Bertz CT molecular complexity index is 1030. The second-order valence-corrected chi connectivity index (χ2v) is 9.71. The fourth-order valence-electron chi connectivity index (χ4n) is 2.75. The molecule has 0 amide bonds. The van der Waals surface area contributed by atoms with Crippen LogP contribution in [-0.4, -0.2) is 36.7 Å². The average molecular weight is 391 g/mol. The molecule has 0 unspecified atom stereocenters. The average Bonchev–Trinajstić information content (AvgIpc) is 2.95. The lowest BCUT2D eigenvalue weighted by Gasteiger charge is -2.25. The molecule has 0 atom stereocenters. The number of aromatic nitrogens is 2. The predicted octanol–water partition coefficient (Wildman–Crippen LogP) is 3.41. The highest BCUT2D eigenvalue weighted by Gasteiger charge is 2.23. The van der Waals surface area contributed by atoms with E-state index in [1.165, 1.54) is 0 Å².